The van der Waals surface area contributed by atoms with Gasteiger partial charge in [-0.15, -0.1) is 11.3 Å². The minimum Gasteiger partial charge on any atom is -0.384 e. The van der Waals surface area contributed by atoms with Crippen molar-refractivity contribution in [3.05, 3.63) is 21.9 Å². The molecule has 0 radical (unpaired) electrons. The van der Waals surface area contributed by atoms with Crippen molar-refractivity contribution in [2.24, 2.45) is 11.3 Å². The number of rotatable bonds is 1. The highest BCUT2D eigenvalue weighted by molar-refractivity contribution is 7.10. The Morgan fingerprint density at radius 2 is 2.00 bits per heavy atom. The van der Waals surface area contributed by atoms with Crippen LogP contribution in [0.1, 0.15) is 43.6 Å². The molecular formula is C16H25NOS. The summed E-state index contributed by atoms with van der Waals surface area (Å²) in [5.41, 5.74) is 0.604. The van der Waals surface area contributed by atoms with E-state index in [2.05, 4.69) is 37.2 Å². The quantitative estimate of drug-likeness (QED) is 0.853. The smallest absolute Gasteiger partial charge is 0.0986 e. The van der Waals surface area contributed by atoms with E-state index in [0.29, 0.717) is 5.92 Å². The van der Waals surface area contributed by atoms with Crippen molar-refractivity contribution in [1.82, 2.24) is 4.90 Å². The Balaban J connectivity index is 2.00. The van der Waals surface area contributed by atoms with Gasteiger partial charge in [-0.25, -0.2) is 0 Å². The highest BCUT2D eigenvalue weighted by Crippen LogP contribution is 2.55. The second-order valence-corrected chi connectivity index (χ2v) is 7.99. The van der Waals surface area contributed by atoms with Crippen LogP contribution in [0.15, 0.2) is 11.4 Å². The summed E-state index contributed by atoms with van der Waals surface area (Å²) < 4.78 is 0. The van der Waals surface area contributed by atoms with Crippen LogP contribution in [0.5, 0.6) is 0 Å². The normalized spacial score (nSPS) is 32.2. The van der Waals surface area contributed by atoms with Gasteiger partial charge in [0, 0.05) is 4.88 Å². The molecule has 3 rings (SSSR count). The summed E-state index contributed by atoms with van der Waals surface area (Å²) in [5, 5.41) is 13.8. The molecule has 3 heteroatoms. The summed E-state index contributed by atoms with van der Waals surface area (Å²) in [4.78, 5) is 3.80. The highest BCUT2D eigenvalue weighted by atomic mass is 32.1. The minimum atomic E-state index is -0.623. The van der Waals surface area contributed by atoms with Gasteiger partial charge >= 0.3 is 0 Å². The largest absolute Gasteiger partial charge is 0.384 e. The fraction of sp³-hybridized carbons (Fsp3) is 0.750. The molecule has 0 amide bonds. The van der Waals surface area contributed by atoms with Crippen LogP contribution in [0, 0.1) is 11.3 Å². The van der Waals surface area contributed by atoms with E-state index in [9.17, 15) is 5.11 Å². The molecule has 1 aliphatic heterocycles. The van der Waals surface area contributed by atoms with E-state index in [1.54, 1.807) is 0 Å². The molecule has 1 aliphatic carbocycles. The van der Waals surface area contributed by atoms with Crippen LogP contribution in [0.4, 0.5) is 0 Å². The fourth-order valence-corrected chi connectivity index (χ4v) is 4.99. The zero-order valence-corrected chi connectivity index (χ0v) is 13.1. The maximum atomic E-state index is 11.6. The predicted octanol–water partition coefficient (Wildman–Crippen LogP) is 3.25. The van der Waals surface area contributed by atoms with Gasteiger partial charge in [-0.2, -0.15) is 0 Å². The molecule has 2 heterocycles. The molecule has 1 aromatic heterocycles. The summed E-state index contributed by atoms with van der Waals surface area (Å²) in [6, 6.07) is 2.18. The van der Waals surface area contributed by atoms with Gasteiger partial charge in [0.25, 0.3) is 0 Å². The molecule has 2 aliphatic rings. The van der Waals surface area contributed by atoms with Crippen molar-refractivity contribution in [2.75, 3.05) is 20.1 Å². The van der Waals surface area contributed by atoms with Crippen molar-refractivity contribution < 1.29 is 5.11 Å². The highest BCUT2D eigenvalue weighted by Gasteiger charge is 2.53. The van der Waals surface area contributed by atoms with E-state index in [1.807, 2.05) is 11.3 Å². The number of piperidine rings is 1. The van der Waals surface area contributed by atoms with Gasteiger partial charge in [0.1, 0.15) is 0 Å². The van der Waals surface area contributed by atoms with E-state index in [4.69, 9.17) is 0 Å². The third-order valence-electron chi connectivity index (χ3n) is 5.47. The molecule has 1 atom stereocenters. The SMILES string of the molecule is CN1CCC(C2(O)c3ccsc3CCC2(C)C)CC1. The lowest BCUT2D eigenvalue weighted by Gasteiger charge is -2.52. The van der Waals surface area contributed by atoms with Gasteiger partial charge in [-0.1, -0.05) is 13.8 Å². The molecule has 2 nitrogen and oxygen atoms in total. The van der Waals surface area contributed by atoms with Gasteiger partial charge in [0.2, 0.25) is 0 Å². The average Bonchev–Trinajstić information content (AvgIpc) is 2.84. The number of thiophene rings is 1. The first-order valence-electron chi connectivity index (χ1n) is 7.43. The van der Waals surface area contributed by atoms with Crippen LogP contribution in [-0.4, -0.2) is 30.1 Å². The van der Waals surface area contributed by atoms with Gasteiger partial charge in [-0.3, -0.25) is 0 Å². The zero-order valence-electron chi connectivity index (χ0n) is 12.3. The lowest BCUT2D eigenvalue weighted by Crippen LogP contribution is -2.53. The van der Waals surface area contributed by atoms with Crippen LogP contribution in [-0.2, 0) is 12.0 Å². The molecule has 0 bridgehead atoms. The lowest BCUT2D eigenvalue weighted by atomic mass is 9.58. The monoisotopic (exact) mass is 279 g/mol. The number of aliphatic hydroxyl groups is 1. The van der Waals surface area contributed by atoms with E-state index >= 15 is 0 Å². The number of hydrogen-bond donors (Lipinski definition) is 1. The van der Waals surface area contributed by atoms with Crippen molar-refractivity contribution in [3.8, 4) is 0 Å². The average molecular weight is 279 g/mol. The second-order valence-electron chi connectivity index (χ2n) is 6.99. The third kappa shape index (κ3) is 1.98. The molecule has 0 saturated carbocycles. The van der Waals surface area contributed by atoms with Gasteiger partial charge in [-0.05, 0) is 74.2 Å². The van der Waals surface area contributed by atoms with Crippen molar-refractivity contribution >= 4 is 11.3 Å². The fourth-order valence-electron chi connectivity index (χ4n) is 4.05. The minimum absolute atomic E-state index is 0.0123. The molecule has 1 fully saturated rings. The predicted molar refractivity (Wildman–Crippen MR) is 80.5 cm³/mol. The standard InChI is InChI=1S/C16H25NOS/c1-15(2)8-4-14-13(7-11-19-14)16(15,18)12-5-9-17(3)10-6-12/h7,11-12,18H,4-6,8-10H2,1-3H3. The number of fused-ring (bicyclic) bond motifs is 1. The number of nitrogens with zero attached hydrogens (tertiary/aromatic N) is 1. The molecular weight excluding hydrogens is 254 g/mol. The summed E-state index contributed by atoms with van der Waals surface area (Å²) in [5.74, 6) is 0.410. The van der Waals surface area contributed by atoms with Crippen LogP contribution in [0.3, 0.4) is 0 Å². The van der Waals surface area contributed by atoms with E-state index in [0.717, 1.165) is 38.8 Å². The van der Waals surface area contributed by atoms with Crippen molar-refractivity contribution in [3.63, 3.8) is 0 Å². The number of aryl methyl sites for hydroxylation is 1. The van der Waals surface area contributed by atoms with Crippen molar-refractivity contribution in [1.29, 1.82) is 0 Å². The van der Waals surface area contributed by atoms with Crippen LogP contribution >= 0.6 is 11.3 Å². The van der Waals surface area contributed by atoms with Crippen LogP contribution in [0.2, 0.25) is 0 Å². The third-order valence-corrected chi connectivity index (χ3v) is 6.45. The summed E-state index contributed by atoms with van der Waals surface area (Å²) in [7, 11) is 2.18. The van der Waals surface area contributed by atoms with E-state index < -0.39 is 5.60 Å². The first kappa shape index (κ1) is 13.6. The molecule has 19 heavy (non-hydrogen) atoms. The Morgan fingerprint density at radius 3 is 2.68 bits per heavy atom. The van der Waals surface area contributed by atoms with Gasteiger partial charge in [0.05, 0.1) is 5.60 Å². The van der Waals surface area contributed by atoms with Crippen LogP contribution in [0.25, 0.3) is 0 Å². The number of hydrogen-bond acceptors (Lipinski definition) is 3. The Hall–Kier alpha value is -0.380. The first-order valence-corrected chi connectivity index (χ1v) is 8.31. The van der Waals surface area contributed by atoms with E-state index in [-0.39, 0.29) is 5.41 Å². The Bertz CT molecular complexity index is 459. The molecule has 106 valence electrons. The molecule has 1 saturated heterocycles. The first-order chi connectivity index (χ1) is 8.95. The molecule has 1 N–H and O–H groups in total. The Labute approximate surface area is 120 Å². The number of likely N-dealkylation sites (tertiary alicyclic amines) is 1. The molecule has 0 spiro atoms. The zero-order chi connectivity index (χ0) is 13.7. The van der Waals surface area contributed by atoms with Crippen molar-refractivity contribution in [2.45, 2.75) is 45.1 Å². The van der Waals surface area contributed by atoms with Gasteiger partial charge < -0.3 is 10.0 Å². The summed E-state index contributed by atoms with van der Waals surface area (Å²) in [6.07, 6.45) is 4.47. The maximum Gasteiger partial charge on any atom is 0.0986 e. The maximum absolute atomic E-state index is 11.6. The molecule has 1 unspecified atom stereocenters. The molecule has 1 aromatic rings. The van der Waals surface area contributed by atoms with E-state index in [1.165, 1.54) is 10.4 Å². The summed E-state index contributed by atoms with van der Waals surface area (Å²) in [6.45, 7) is 6.74. The Kier molecular flexibility index (Phi) is 3.27. The van der Waals surface area contributed by atoms with Crippen LogP contribution < -0.4 is 0 Å². The second kappa shape index (κ2) is 4.57. The lowest BCUT2D eigenvalue weighted by molar-refractivity contribution is -0.142. The Morgan fingerprint density at radius 1 is 1.32 bits per heavy atom. The van der Waals surface area contributed by atoms with Gasteiger partial charge in [0.15, 0.2) is 0 Å². The summed E-state index contributed by atoms with van der Waals surface area (Å²) >= 11 is 1.82. The molecule has 0 aromatic carbocycles. The topological polar surface area (TPSA) is 23.5 Å².